The fraction of sp³-hybridized carbons (Fsp3) is 0.958. The lowest BCUT2D eigenvalue weighted by molar-refractivity contribution is -0.398. The summed E-state index contributed by atoms with van der Waals surface area (Å²) in [6.07, 6.45) is -15.6. The van der Waals surface area contributed by atoms with E-state index in [9.17, 15) is 51.1 Å². The van der Waals surface area contributed by atoms with Crippen molar-refractivity contribution in [3.05, 3.63) is 11.6 Å². The first kappa shape index (κ1) is 50.0. The third kappa shape index (κ3) is 7.32. The highest BCUT2D eigenvalue weighted by molar-refractivity contribution is 5.28. The van der Waals surface area contributed by atoms with Crippen molar-refractivity contribution in [3.63, 3.8) is 0 Å². The number of allylic oxidation sites excluding steroid dienone is 1. The smallest absolute Gasteiger partial charge is 0.187 e. The van der Waals surface area contributed by atoms with Gasteiger partial charge in [0, 0.05) is 17.8 Å². The van der Waals surface area contributed by atoms with Crippen LogP contribution in [0.5, 0.6) is 0 Å². The summed E-state index contributed by atoms with van der Waals surface area (Å²) in [7, 11) is 0. The van der Waals surface area contributed by atoms with E-state index < -0.39 is 128 Å². The number of hydrogen-bond donors (Lipinski definition) is 10. The zero-order valence-electron chi connectivity index (χ0n) is 39.7. The number of ether oxygens (including phenoxy) is 8. The molecule has 5 heterocycles. The molecule has 0 radical (unpaired) electrons. The molecule has 66 heavy (non-hydrogen) atoms. The van der Waals surface area contributed by atoms with Crippen LogP contribution in [0.2, 0.25) is 0 Å². The molecule has 2 spiro atoms. The second-order valence-corrected chi connectivity index (χ2v) is 23.3. The minimum absolute atomic E-state index is 0.0887. The first-order chi connectivity index (χ1) is 30.9. The van der Waals surface area contributed by atoms with Gasteiger partial charge in [-0.15, -0.1) is 0 Å². The summed E-state index contributed by atoms with van der Waals surface area (Å²) in [6.45, 7) is 16.1. The summed E-state index contributed by atoms with van der Waals surface area (Å²) in [5.74, 6) is -0.143. The van der Waals surface area contributed by atoms with Crippen LogP contribution in [0.4, 0.5) is 0 Å². The van der Waals surface area contributed by atoms with E-state index in [0.29, 0.717) is 25.4 Å². The quantitative estimate of drug-likeness (QED) is 0.105. The van der Waals surface area contributed by atoms with Crippen LogP contribution < -0.4 is 0 Å². The summed E-state index contributed by atoms with van der Waals surface area (Å²) < 4.78 is 51.1. The van der Waals surface area contributed by atoms with Crippen LogP contribution in [0.1, 0.15) is 107 Å². The van der Waals surface area contributed by atoms with Crippen LogP contribution >= 0.6 is 0 Å². The maximum absolute atomic E-state index is 12.3. The van der Waals surface area contributed by atoms with Gasteiger partial charge in [0.15, 0.2) is 24.7 Å². The highest BCUT2D eigenvalue weighted by Gasteiger charge is 2.82. The van der Waals surface area contributed by atoms with Crippen LogP contribution in [0.15, 0.2) is 11.6 Å². The Balaban J connectivity index is 0.986. The molecule has 0 aromatic rings. The molecule has 9 fully saturated rings. The van der Waals surface area contributed by atoms with E-state index >= 15 is 0 Å². The Morgan fingerprint density at radius 2 is 1.29 bits per heavy atom. The van der Waals surface area contributed by atoms with Gasteiger partial charge in [0.05, 0.1) is 43.7 Å². The molecule has 5 saturated heterocycles. The molecule has 10 N–H and O–H groups in total. The van der Waals surface area contributed by atoms with Crippen molar-refractivity contribution in [1.29, 1.82) is 0 Å². The standard InChI is InChI=1S/C48H78O18/c1-21(2)9-12-29-46(8,58)39-23-10-11-27-44(6)15-14-28(43(4,5)26(44)13-16-45(27,7)47(23)19-48(39,66-29)59-20-47)63-42-38(65-40-35(56)33(54)30(51)22(3)60-40)37(32(53)25(18-50)62-42)64-41-36(57)34(55)31(52)24(17-49)61-41/h9,22-42,49-58H,10-20H2,1-8H3/t22-,23?,24+,25+,26?,27?,28?,29?,30+,31+,32-,33+,34-,35+,36+,37-,38+,39?,40-,41-,42-,44?,45?,46?,47?,48?/m0/s1. The van der Waals surface area contributed by atoms with Gasteiger partial charge in [-0.05, 0) is 107 Å². The van der Waals surface area contributed by atoms with Crippen molar-refractivity contribution in [2.24, 2.45) is 45.3 Å². The van der Waals surface area contributed by atoms with E-state index in [4.69, 9.17) is 37.9 Å². The molecular weight excluding hydrogens is 865 g/mol. The van der Waals surface area contributed by atoms with Gasteiger partial charge < -0.3 is 89.0 Å². The zero-order valence-corrected chi connectivity index (χ0v) is 39.7. The fourth-order valence-corrected chi connectivity index (χ4v) is 15.9. The van der Waals surface area contributed by atoms with Crippen LogP contribution in [0.3, 0.4) is 0 Å². The monoisotopic (exact) mass is 943 g/mol. The molecule has 0 aromatic carbocycles. The molecule has 4 aliphatic carbocycles. The van der Waals surface area contributed by atoms with Crippen molar-refractivity contribution >= 4 is 0 Å². The van der Waals surface area contributed by atoms with E-state index in [2.05, 4.69) is 47.6 Å². The maximum atomic E-state index is 12.3. The second kappa shape index (κ2) is 17.4. The van der Waals surface area contributed by atoms with E-state index in [1.54, 1.807) is 0 Å². The molecule has 0 amide bonds. The highest BCUT2D eigenvalue weighted by Crippen LogP contribution is 2.81. The fourth-order valence-electron chi connectivity index (χ4n) is 15.9. The highest BCUT2D eigenvalue weighted by atomic mass is 16.8. The van der Waals surface area contributed by atoms with E-state index in [0.717, 1.165) is 38.5 Å². The number of aliphatic hydroxyl groups is 10. The van der Waals surface area contributed by atoms with Crippen molar-refractivity contribution in [2.75, 3.05) is 19.8 Å². The Hall–Kier alpha value is -0.980. The average molecular weight is 943 g/mol. The molecule has 18 heteroatoms. The number of fused-ring (bicyclic) bond motifs is 4. The van der Waals surface area contributed by atoms with Gasteiger partial charge in [-0.1, -0.05) is 39.3 Å². The third-order valence-electron chi connectivity index (χ3n) is 19.3. The maximum Gasteiger partial charge on any atom is 0.187 e. The zero-order chi connectivity index (χ0) is 47.8. The Labute approximate surface area is 387 Å². The van der Waals surface area contributed by atoms with Crippen LogP contribution in [-0.4, -0.2) is 187 Å². The molecule has 4 saturated carbocycles. The number of aliphatic hydroxyl groups excluding tert-OH is 9. The number of hydrogen-bond acceptors (Lipinski definition) is 18. The van der Waals surface area contributed by atoms with Crippen LogP contribution in [0.25, 0.3) is 0 Å². The van der Waals surface area contributed by atoms with Crippen molar-refractivity contribution < 1.29 is 89.0 Å². The molecule has 378 valence electrons. The van der Waals surface area contributed by atoms with Crippen LogP contribution in [0, 0.1) is 45.3 Å². The van der Waals surface area contributed by atoms with Crippen LogP contribution in [-0.2, 0) is 37.9 Å². The van der Waals surface area contributed by atoms with Crippen molar-refractivity contribution in [1.82, 2.24) is 0 Å². The van der Waals surface area contributed by atoms with E-state index in [1.807, 2.05) is 6.92 Å². The van der Waals surface area contributed by atoms with Gasteiger partial charge in [-0.25, -0.2) is 0 Å². The predicted octanol–water partition coefficient (Wildman–Crippen LogP) is 0.355. The summed E-state index contributed by atoms with van der Waals surface area (Å²) in [5, 5.41) is 109. The average Bonchev–Trinajstić information content (AvgIpc) is 3.87. The van der Waals surface area contributed by atoms with Gasteiger partial charge >= 0.3 is 0 Å². The van der Waals surface area contributed by atoms with Gasteiger partial charge in [0.25, 0.3) is 0 Å². The second-order valence-electron chi connectivity index (χ2n) is 23.3. The Bertz CT molecular complexity index is 1790. The minimum Gasteiger partial charge on any atom is -0.394 e. The molecule has 5 aliphatic heterocycles. The Morgan fingerprint density at radius 1 is 0.667 bits per heavy atom. The minimum atomic E-state index is -1.86. The molecule has 0 aromatic heterocycles. The summed E-state index contributed by atoms with van der Waals surface area (Å²) >= 11 is 0. The third-order valence-corrected chi connectivity index (χ3v) is 19.3. The lowest BCUT2D eigenvalue weighted by atomic mass is 9.35. The summed E-state index contributed by atoms with van der Waals surface area (Å²) in [4.78, 5) is 0. The topological polar surface area (TPSA) is 276 Å². The lowest BCUT2D eigenvalue weighted by Crippen LogP contribution is -2.68. The Morgan fingerprint density at radius 3 is 1.95 bits per heavy atom. The van der Waals surface area contributed by atoms with Gasteiger partial charge in [0.2, 0.25) is 0 Å². The first-order valence-electron chi connectivity index (χ1n) is 24.5. The Kier molecular flexibility index (Phi) is 13.1. The SMILES string of the molecule is CC(C)=CCC1OC23CC4(CO2)C(CCC2C5(C)CCC(O[C@@H]6O[C@H](CO)[C@H](O)[C@H](O[C@@H]7O[C@H](CO)[C@@H](O)[C@H](O)[C@H]7O)[C@H]6O[C@@H]6O[C@@H](C)[C@@H](O)[C@@H](O)[C@H]6O)C(C)(C)C5CCC24C)C3C1(C)O. The molecule has 9 aliphatic rings. The molecule has 11 unspecified atom stereocenters. The molecule has 2 bridgehead atoms. The molecule has 26 atom stereocenters. The molecule has 9 rings (SSSR count). The first-order valence-corrected chi connectivity index (χ1v) is 24.5. The molecular formula is C48H78O18. The predicted molar refractivity (Wildman–Crippen MR) is 229 cm³/mol. The summed E-state index contributed by atoms with van der Waals surface area (Å²) in [5.41, 5.74) is -0.692. The largest absolute Gasteiger partial charge is 0.394 e. The van der Waals surface area contributed by atoms with E-state index in [-0.39, 0.29) is 40.1 Å². The van der Waals surface area contributed by atoms with Gasteiger partial charge in [-0.2, -0.15) is 0 Å². The van der Waals surface area contributed by atoms with Gasteiger partial charge in [-0.3, -0.25) is 0 Å². The number of rotatable bonds is 10. The van der Waals surface area contributed by atoms with Gasteiger partial charge in [0.1, 0.15) is 67.1 Å². The molecule has 18 nitrogen and oxygen atoms in total. The van der Waals surface area contributed by atoms with Crippen molar-refractivity contribution in [2.45, 2.75) is 222 Å². The normalized spacial score (nSPS) is 57.4. The van der Waals surface area contributed by atoms with E-state index in [1.165, 1.54) is 12.5 Å². The van der Waals surface area contributed by atoms with Crippen molar-refractivity contribution in [3.8, 4) is 0 Å². The lowest BCUT2D eigenvalue weighted by Gasteiger charge is -2.70. The summed E-state index contributed by atoms with van der Waals surface area (Å²) in [6, 6.07) is 0.